The zero-order valence-electron chi connectivity index (χ0n) is 16.8. The van der Waals surface area contributed by atoms with Crippen molar-refractivity contribution in [3.8, 4) is 5.75 Å². The maximum atomic E-state index is 12.1. The van der Waals surface area contributed by atoms with Crippen LogP contribution in [-0.4, -0.2) is 39.6 Å². The van der Waals surface area contributed by atoms with Gasteiger partial charge in [-0.3, -0.25) is 4.79 Å². The first-order valence-electron chi connectivity index (χ1n) is 9.70. The SMILES string of the molecule is CCn1c(Cc2ccccc2)nnc1SCC(=O)NCCOc1cccc(C)c1. The van der Waals surface area contributed by atoms with Gasteiger partial charge in [0, 0.05) is 13.0 Å². The summed E-state index contributed by atoms with van der Waals surface area (Å²) in [6.45, 7) is 5.75. The Kier molecular flexibility index (Phi) is 7.69. The van der Waals surface area contributed by atoms with Crippen LogP contribution in [0.1, 0.15) is 23.9 Å². The molecule has 3 aromatic rings. The first kappa shape index (κ1) is 20.9. The Bertz CT molecular complexity index is 928. The van der Waals surface area contributed by atoms with E-state index in [1.54, 1.807) is 0 Å². The summed E-state index contributed by atoms with van der Waals surface area (Å²) >= 11 is 1.40. The highest BCUT2D eigenvalue weighted by atomic mass is 32.2. The molecule has 0 atom stereocenters. The van der Waals surface area contributed by atoms with E-state index in [9.17, 15) is 4.79 Å². The first-order chi connectivity index (χ1) is 14.2. The van der Waals surface area contributed by atoms with Crippen LogP contribution in [0.25, 0.3) is 0 Å². The van der Waals surface area contributed by atoms with Gasteiger partial charge in [-0.2, -0.15) is 0 Å². The minimum absolute atomic E-state index is 0.0434. The van der Waals surface area contributed by atoms with Gasteiger partial charge >= 0.3 is 0 Å². The normalized spacial score (nSPS) is 10.7. The number of nitrogens with one attached hydrogen (secondary N) is 1. The molecule has 0 aliphatic heterocycles. The Morgan fingerprint density at radius 1 is 1.14 bits per heavy atom. The number of hydrogen-bond donors (Lipinski definition) is 1. The number of aryl methyl sites for hydroxylation is 1. The van der Waals surface area contributed by atoms with Gasteiger partial charge in [-0.05, 0) is 37.1 Å². The predicted molar refractivity (Wildman–Crippen MR) is 115 cm³/mol. The number of carbonyl (C=O) groups is 1. The van der Waals surface area contributed by atoms with Crippen LogP contribution in [0, 0.1) is 6.92 Å². The summed E-state index contributed by atoms with van der Waals surface area (Å²) in [6.07, 6.45) is 0.727. The molecule has 0 saturated heterocycles. The molecule has 0 aliphatic rings. The van der Waals surface area contributed by atoms with Gasteiger partial charge < -0.3 is 14.6 Å². The summed E-state index contributed by atoms with van der Waals surface area (Å²) in [4.78, 5) is 12.1. The van der Waals surface area contributed by atoms with E-state index < -0.39 is 0 Å². The van der Waals surface area contributed by atoms with Crippen LogP contribution >= 0.6 is 11.8 Å². The van der Waals surface area contributed by atoms with Gasteiger partial charge in [0.2, 0.25) is 5.91 Å². The topological polar surface area (TPSA) is 69.0 Å². The number of carbonyl (C=O) groups excluding carboxylic acids is 1. The minimum atomic E-state index is -0.0434. The Morgan fingerprint density at radius 2 is 1.97 bits per heavy atom. The van der Waals surface area contributed by atoms with Gasteiger partial charge in [-0.1, -0.05) is 54.2 Å². The molecule has 2 aromatic carbocycles. The van der Waals surface area contributed by atoms with Crippen molar-refractivity contribution in [1.29, 1.82) is 0 Å². The monoisotopic (exact) mass is 410 g/mol. The third kappa shape index (κ3) is 6.35. The smallest absolute Gasteiger partial charge is 0.230 e. The molecule has 1 aromatic heterocycles. The molecule has 0 spiro atoms. The average molecular weight is 411 g/mol. The minimum Gasteiger partial charge on any atom is -0.492 e. The van der Waals surface area contributed by atoms with E-state index in [0.29, 0.717) is 18.9 Å². The average Bonchev–Trinajstić information content (AvgIpc) is 3.12. The van der Waals surface area contributed by atoms with Crippen LogP contribution in [0.5, 0.6) is 5.75 Å². The lowest BCUT2D eigenvalue weighted by Gasteiger charge is -2.09. The maximum absolute atomic E-state index is 12.1. The van der Waals surface area contributed by atoms with Crippen molar-refractivity contribution in [3.63, 3.8) is 0 Å². The molecular weight excluding hydrogens is 384 g/mol. The molecule has 6 nitrogen and oxygen atoms in total. The summed E-state index contributed by atoms with van der Waals surface area (Å²) in [5.74, 6) is 1.98. The molecule has 0 saturated carbocycles. The molecule has 0 unspecified atom stereocenters. The second-order valence-electron chi connectivity index (χ2n) is 6.61. The molecule has 152 valence electrons. The number of rotatable bonds is 10. The van der Waals surface area contributed by atoms with Crippen LogP contribution in [0.2, 0.25) is 0 Å². The van der Waals surface area contributed by atoms with Crippen LogP contribution in [0.15, 0.2) is 59.8 Å². The molecular formula is C22H26N4O2S. The zero-order chi connectivity index (χ0) is 20.5. The third-order valence-electron chi connectivity index (χ3n) is 4.33. The molecule has 1 amide bonds. The highest BCUT2D eigenvalue weighted by Gasteiger charge is 2.13. The molecule has 29 heavy (non-hydrogen) atoms. The summed E-state index contributed by atoms with van der Waals surface area (Å²) in [6, 6.07) is 18.1. The molecule has 7 heteroatoms. The summed E-state index contributed by atoms with van der Waals surface area (Å²) in [5, 5.41) is 12.2. The lowest BCUT2D eigenvalue weighted by atomic mass is 10.1. The lowest BCUT2D eigenvalue weighted by Crippen LogP contribution is -2.29. The van der Waals surface area contributed by atoms with E-state index in [4.69, 9.17) is 4.74 Å². The number of hydrogen-bond acceptors (Lipinski definition) is 5. The summed E-state index contributed by atoms with van der Waals surface area (Å²) in [5.41, 5.74) is 2.34. The Labute approximate surface area is 175 Å². The van der Waals surface area contributed by atoms with E-state index in [1.807, 2.05) is 49.4 Å². The van der Waals surface area contributed by atoms with Crippen molar-refractivity contribution in [2.45, 2.75) is 32.0 Å². The van der Waals surface area contributed by atoms with Gasteiger partial charge in [-0.25, -0.2) is 0 Å². The zero-order valence-corrected chi connectivity index (χ0v) is 17.6. The van der Waals surface area contributed by atoms with Crippen molar-refractivity contribution >= 4 is 17.7 Å². The number of aromatic nitrogens is 3. The van der Waals surface area contributed by atoms with E-state index in [2.05, 4.69) is 39.1 Å². The lowest BCUT2D eigenvalue weighted by molar-refractivity contribution is -0.118. The van der Waals surface area contributed by atoms with Gasteiger partial charge in [-0.15, -0.1) is 10.2 Å². The van der Waals surface area contributed by atoms with Crippen molar-refractivity contribution in [1.82, 2.24) is 20.1 Å². The number of ether oxygens (including phenoxy) is 1. The van der Waals surface area contributed by atoms with Crippen molar-refractivity contribution in [3.05, 3.63) is 71.5 Å². The van der Waals surface area contributed by atoms with Gasteiger partial charge in [0.25, 0.3) is 0 Å². The fourth-order valence-electron chi connectivity index (χ4n) is 2.90. The Balaban J connectivity index is 1.44. The molecule has 1 N–H and O–H groups in total. The second kappa shape index (κ2) is 10.7. The number of nitrogens with zero attached hydrogens (tertiary/aromatic N) is 3. The number of benzene rings is 2. The van der Waals surface area contributed by atoms with Gasteiger partial charge in [0.05, 0.1) is 12.3 Å². The molecule has 0 fully saturated rings. The van der Waals surface area contributed by atoms with Crippen LogP contribution < -0.4 is 10.1 Å². The molecule has 0 radical (unpaired) electrons. The van der Waals surface area contributed by atoms with Crippen molar-refractivity contribution < 1.29 is 9.53 Å². The highest BCUT2D eigenvalue weighted by Crippen LogP contribution is 2.18. The Morgan fingerprint density at radius 3 is 2.72 bits per heavy atom. The summed E-state index contributed by atoms with van der Waals surface area (Å²) in [7, 11) is 0. The van der Waals surface area contributed by atoms with Crippen molar-refractivity contribution in [2.24, 2.45) is 0 Å². The largest absolute Gasteiger partial charge is 0.492 e. The molecule has 0 aliphatic carbocycles. The van der Waals surface area contributed by atoms with E-state index in [-0.39, 0.29) is 5.91 Å². The first-order valence-corrected chi connectivity index (χ1v) is 10.7. The Hall–Kier alpha value is -2.80. The standard InChI is InChI=1S/C22H26N4O2S/c1-3-26-20(15-18-9-5-4-6-10-18)24-25-22(26)29-16-21(27)23-12-13-28-19-11-7-8-17(2)14-19/h4-11,14H,3,12-13,15-16H2,1-2H3,(H,23,27). The third-order valence-corrected chi connectivity index (χ3v) is 5.30. The van der Waals surface area contributed by atoms with Crippen LogP contribution in [0.4, 0.5) is 0 Å². The summed E-state index contributed by atoms with van der Waals surface area (Å²) < 4.78 is 7.71. The van der Waals surface area contributed by atoms with Crippen LogP contribution in [-0.2, 0) is 17.8 Å². The number of amides is 1. The van der Waals surface area contributed by atoms with Gasteiger partial charge in [0.1, 0.15) is 18.2 Å². The molecule has 1 heterocycles. The predicted octanol–water partition coefficient (Wildman–Crippen LogP) is 3.48. The quantitative estimate of drug-likeness (QED) is 0.409. The van der Waals surface area contributed by atoms with Crippen LogP contribution in [0.3, 0.4) is 0 Å². The maximum Gasteiger partial charge on any atom is 0.230 e. The molecule has 0 bridgehead atoms. The van der Waals surface area contributed by atoms with E-state index in [0.717, 1.165) is 35.3 Å². The van der Waals surface area contributed by atoms with Crippen molar-refractivity contribution in [2.75, 3.05) is 18.9 Å². The van der Waals surface area contributed by atoms with Gasteiger partial charge in [0.15, 0.2) is 5.16 Å². The van der Waals surface area contributed by atoms with E-state index >= 15 is 0 Å². The number of thioether (sulfide) groups is 1. The fraction of sp³-hybridized carbons (Fsp3) is 0.318. The highest BCUT2D eigenvalue weighted by molar-refractivity contribution is 7.99. The fourth-order valence-corrected chi connectivity index (χ4v) is 3.75. The molecule has 3 rings (SSSR count). The second-order valence-corrected chi connectivity index (χ2v) is 7.55. The van der Waals surface area contributed by atoms with E-state index in [1.165, 1.54) is 17.3 Å².